The molecule has 118 valence electrons. The zero-order valence-electron chi connectivity index (χ0n) is 13.1. The third kappa shape index (κ3) is 3.78. The number of hydrogen-bond acceptors (Lipinski definition) is 4. The van der Waals surface area contributed by atoms with Crippen molar-refractivity contribution in [3.8, 4) is 0 Å². The molecule has 21 heavy (non-hydrogen) atoms. The molecule has 0 aliphatic heterocycles. The molecule has 1 heterocycles. The minimum absolute atomic E-state index is 0.0414. The summed E-state index contributed by atoms with van der Waals surface area (Å²) >= 11 is 1.29. The molecule has 0 aromatic carbocycles. The van der Waals surface area contributed by atoms with Crippen LogP contribution in [0.25, 0.3) is 0 Å². The Morgan fingerprint density at radius 1 is 1.38 bits per heavy atom. The summed E-state index contributed by atoms with van der Waals surface area (Å²) in [5.74, 6) is 1.18. The van der Waals surface area contributed by atoms with Gasteiger partial charge in [-0.1, -0.05) is 51.8 Å². The third-order valence-electron chi connectivity index (χ3n) is 4.26. The van der Waals surface area contributed by atoms with Crippen molar-refractivity contribution in [3.63, 3.8) is 0 Å². The van der Waals surface area contributed by atoms with Gasteiger partial charge in [0, 0.05) is 12.0 Å². The van der Waals surface area contributed by atoms with Crippen LogP contribution in [0.2, 0.25) is 0 Å². The van der Waals surface area contributed by atoms with E-state index in [-0.39, 0.29) is 5.75 Å². The Kier molecular flexibility index (Phi) is 5.67. The van der Waals surface area contributed by atoms with E-state index in [1.807, 2.05) is 0 Å². The number of hydrogen-bond donors (Lipinski definition) is 1. The van der Waals surface area contributed by atoms with Crippen molar-refractivity contribution in [1.82, 2.24) is 14.8 Å². The molecule has 0 spiro atoms. The highest BCUT2D eigenvalue weighted by atomic mass is 32.2. The summed E-state index contributed by atoms with van der Waals surface area (Å²) in [6.45, 7) is 6.48. The Bertz CT molecular complexity index is 487. The van der Waals surface area contributed by atoms with Crippen LogP contribution >= 0.6 is 11.8 Å². The molecule has 2 rings (SSSR count). The molecule has 1 N–H and O–H groups in total. The van der Waals surface area contributed by atoms with Gasteiger partial charge in [-0.3, -0.25) is 4.79 Å². The standard InChI is InChI=1S/C15H25N3O2S/c1-4-11-7-5-6-8-12(11)18-14(10(2)3)16-17-15(18)21-9-13(19)20/h10-12H,4-9H2,1-3H3,(H,19,20). The highest BCUT2D eigenvalue weighted by Crippen LogP contribution is 2.39. The Balaban J connectivity index is 2.32. The molecule has 6 heteroatoms. The summed E-state index contributed by atoms with van der Waals surface area (Å²) in [4.78, 5) is 10.8. The van der Waals surface area contributed by atoms with Gasteiger partial charge in [0.15, 0.2) is 5.16 Å². The molecule has 1 aromatic heterocycles. The molecule has 1 aromatic rings. The molecule has 1 aliphatic carbocycles. The Hall–Kier alpha value is -1.04. The van der Waals surface area contributed by atoms with Crippen molar-refractivity contribution in [1.29, 1.82) is 0 Å². The van der Waals surface area contributed by atoms with Gasteiger partial charge in [0.25, 0.3) is 0 Å². The number of carbonyl (C=O) groups is 1. The van der Waals surface area contributed by atoms with Crippen LogP contribution in [0.4, 0.5) is 0 Å². The van der Waals surface area contributed by atoms with E-state index >= 15 is 0 Å². The fourth-order valence-electron chi connectivity index (χ4n) is 3.22. The predicted octanol–water partition coefficient (Wildman–Crippen LogP) is 3.72. The van der Waals surface area contributed by atoms with Crippen LogP contribution in [0, 0.1) is 5.92 Å². The minimum Gasteiger partial charge on any atom is -0.481 e. The highest BCUT2D eigenvalue weighted by molar-refractivity contribution is 7.99. The molecule has 2 atom stereocenters. The van der Waals surface area contributed by atoms with E-state index in [1.54, 1.807) is 0 Å². The van der Waals surface area contributed by atoms with Crippen LogP contribution in [-0.4, -0.2) is 31.6 Å². The number of carboxylic acid groups (broad SMARTS) is 1. The zero-order chi connectivity index (χ0) is 15.4. The molecule has 5 nitrogen and oxygen atoms in total. The van der Waals surface area contributed by atoms with Crippen LogP contribution < -0.4 is 0 Å². The van der Waals surface area contributed by atoms with Gasteiger partial charge in [-0.2, -0.15) is 0 Å². The van der Waals surface area contributed by atoms with E-state index in [4.69, 9.17) is 5.11 Å². The largest absolute Gasteiger partial charge is 0.481 e. The lowest BCUT2D eigenvalue weighted by Gasteiger charge is -2.33. The van der Waals surface area contributed by atoms with Crippen LogP contribution in [0.3, 0.4) is 0 Å². The zero-order valence-corrected chi connectivity index (χ0v) is 13.9. The summed E-state index contributed by atoms with van der Waals surface area (Å²) in [7, 11) is 0. The van der Waals surface area contributed by atoms with Crippen molar-refractivity contribution in [2.75, 3.05) is 5.75 Å². The Morgan fingerprint density at radius 2 is 2.10 bits per heavy atom. The fourth-order valence-corrected chi connectivity index (χ4v) is 3.94. The van der Waals surface area contributed by atoms with E-state index in [0.717, 1.165) is 23.8 Å². The molecule has 1 aliphatic rings. The average Bonchev–Trinajstić information content (AvgIpc) is 2.88. The minimum atomic E-state index is -0.809. The van der Waals surface area contributed by atoms with Crippen molar-refractivity contribution < 1.29 is 9.90 Å². The summed E-state index contributed by atoms with van der Waals surface area (Å²) < 4.78 is 2.24. The lowest BCUT2D eigenvalue weighted by molar-refractivity contribution is -0.133. The first-order valence-corrected chi connectivity index (χ1v) is 8.82. The van der Waals surface area contributed by atoms with E-state index < -0.39 is 5.97 Å². The smallest absolute Gasteiger partial charge is 0.313 e. The summed E-state index contributed by atoms with van der Waals surface area (Å²) in [6, 6.07) is 0.424. The predicted molar refractivity (Wildman–Crippen MR) is 83.8 cm³/mol. The van der Waals surface area contributed by atoms with Crippen LogP contribution in [0.1, 0.15) is 70.7 Å². The van der Waals surface area contributed by atoms with E-state index in [9.17, 15) is 4.79 Å². The van der Waals surface area contributed by atoms with Gasteiger partial charge in [0.05, 0.1) is 5.75 Å². The Labute approximate surface area is 130 Å². The van der Waals surface area contributed by atoms with Gasteiger partial charge in [-0.15, -0.1) is 10.2 Å². The van der Waals surface area contributed by atoms with Crippen LogP contribution in [0.15, 0.2) is 5.16 Å². The quantitative estimate of drug-likeness (QED) is 0.811. The molecule has 1 saturated carbocycles. The van der Waals surface area contributed by atoms with Gasteiger partial charge >= 0.3 is 5.97 Å². The van der Waals surface area contributed by atoms with Gasteiger partial charge in [-0.25, -0.2) is 0 Å². The monoisotopic (exact) mass is 311 g/mol. The Morgan fingerprint density at radius 3 is 2.71 bits per heavy atom. The normalized spacial score (nSPS) is 22.7. The number of aliphatic carboxylic acids is 1. The number of nitrogens with zero attached hydrogens (tertiary/aromatic N) is 3. The average molecular weight is 311 g/mol. The maximum Gasteiger partial charge on any atom is 0.313 e. The fraction of sp³-hybridized carbons (Fsp3) is 0.800. The number of carboxylic acids is 1. The van der Waals surface area contributed by atoms with Gasteiger partial charge in [0.2, 0.25) is 0 Å². The van der Waals surface area contributed by atoms with Crippen molar-refractivity contribution in [2.45, 2.75) is 70.0 Å². The van der Waals surface area contributed by atoms with E-state index in [0.29, 0.717) is 17.9 Å². The number of thioether (sulfide) groups is 1. The third-order valence-corrected chi connectivity index (χ3v) is 5.18. The lowest BCUT2D eigenvalue weighted by atomic mass is 9.82. The molecule has 1 fully saturated rings. The topological polar surface area (TPSA) is 68.0 Å². The maximum atomic E-state index is 10.8. The molecule has 0 amide bonds. The molecule has 0 radical (unpaired) electrons. The molecule has 2 unspecified atom stereocenters. The van der Waals surface area contributed by atoms with E-state index in [2.05, 4.69) is 35.5 Å². The number of rotatable bonds is 6. The second-order valence-corrected chi connectivity index (χ2v) is 7.01. The SMILES string of the molecule is CCC1CCCCC1n1c(SCC(=O)O)nnc1C(C)C. The first-order valence-electron chi connectivity index (χ1n) is 7.84. The van der Waals surface area contributed by atoms with Crippen LogP contribution in [0.5, 0.6) is 0 Å². The van der Waals surface area contributed by atoms with Gasteiger partial charge < -0.3 is 9.67 Å². The molecular weight excluding hydrogens is 286 g/mol. The van der Waals surface area contributed by atoms with Crippen molar-refractivity contribution in [3.05, 3.63) is 5.82 Å². The summed E-state index contributed by atoms with van der Waals surface area (Å²) in [5.41, 5.74) is 0. The molecule has 0 saturated heterocycles. The molecule has 0 bridgehead atoms. The molecular formula is C15H25N3O2S. The summed E-state index contributed by atoms with van der Waals surface area (Å²) in [6.07, 6.45) is 6.09. The second kappa shape index (κ2) is 7.29. The van der Waals surface area contributed by atoms with E-state index in [1.165, 1.54) is 31.0 Å². The maximum absolute atomic E-state index is 10.8. The summed E-state index contributed by atoms with van der Waals surface area (Å²) in [5, 5.41) is 18.3. The van der Waals surface area contributed by atoms with Gasteiger partial charge in [-0.05, 0) is 18.8 Å². The lowest BCUT2D eigenvalue weighted by Crippen LogP contribution is -2.25. The van der Waals surface area contributed by atoms with Crippen molar-refractivity contribution >= 4 is 17.7 Å². The van der Waals surface area contributed by atoms with Gasteiger partial charge in [0.1, 0.15) is 5.82 Å². The highest BCUT2D eigenvalue weighted by Gasteiger charge is 2.30. The number of aromatic nitrogens is 3. The first-order chi connectivity index (χ1) is 10.0. The first kappa shape index (κ1) is 16.3. The second-order valence-electron chi connectivity index (χ2n) is 6.07. The van der Waals surface area contributed by atoms with Crippen molar-refractivity contribution in [2.24, 2.45) is 5.92 Å². The van der Waals surface area contributed by atoms with Crippen LogP contribution in [-0.2, 0) is 4.79 Å².